The van der Waals surface area contributed by atoms with Gasteiger partial charge in [-0.25, -0.2) is 0 Å². The van der Waals surface area contributed by atoms with Crippen LogP contribution in [-0.4, -0.2) is 0 Å². The number of furan rings is 2. The van der Waals surface area contributed by atoms with E-state index in [4.69, 9.17) is 8.83 Å². The van der Waals surface area contributed by atoms with Gasteiger partial charge in [0, 0.05) is 47.1 Å². The second-order valence-corrected chi connectivity index (χ2v) is 14.7. The summed E-state index contributed by atoms with van der Waals surface area (Å²) < 4.78 is 15.3. The van der Waals surface area contributed by atoms with E-state index in [9.17, 15) is 0 Å². The number of para-hydroxylation sites is 2. The SMILES string of the molecule is c1ccc2c(c1)oc1cc(-c3c4ccccc4c(-c4ccc5sc6cc7c(ccc8c9ccccc9oc78)cc6c5c4)c4ccccc34)ccc12. The molecule has 0 radical (unpaired) electrons. The molecule has 9 aromatic carbocycles. The lowest BCUT2D eigenvalue weighted by molar-refractivity contribution is 0.669. The lowest BCUT2D eigenvalue weighted by Gasteiger charge is -2.18. The minimum Gasteiger partial charge on any atom is -0.456 e. The zero-order valence-corrected chi connectivity index (χ0v) is 28.1. The van der Waals surface area contributed by atoms with Gasteiger partial charge in [-0.15, -0.1) is 11.3 Å². The Balaban J connectivity index is 1.10. The van der Waals surface area contributed by atoms with Crippen molar-refractivity contribution in [3.63, 3.8) is 0 Å². The molecule has 0 aliphatic carbocycles. The molecule has 236 valence electrons. The first kappa shape index (κ1) is 27.4. The van der Waals surface area contributed by atoms with Gasteiger partial charge in [0.15, 0.2) is 0 Å². The lowest BCUT2D eigenvalue weighted by atomic mass is 9.85. The Morgan fingerprint density at radius 1 is 0.314 bits per heavy atom. The van der Waals surface area contributed by atoms with Crippen LogP contribution in [0.15, 0.2) is 167 Å². The van der Waals surface area contributed by atoms with Crippen molar-refractivity contribution < 1.29 is 8.83 Å². The van der Waals surface area contributed by atoms with Gasteiger partial charge in [0.1, 0.15) is 22.3 Å². The Morgan fingerprint density at radius 3 is 1.55 bits per heavy atom. The lowest BCUT2D eigenvalue weighted by Crippen LogP contribution is -1.90. The van der Waals surface area contributed by atoms with Gasteiger partial charge in [0.05, 0.1) is 0 Å². The molecule has 0 amide bonds. The van der Waals surface area contributed by atoms with E-state index in [0.717, 1.165) is 49.4 Å². The topological polar surface area (TPSA) is 26.3 Å². The van der Waals surface area contributed by atoms with Crippen LogP contribution in [-0.2, 0) is 0 Å². The first-order valence-electron chi connectivity index (χ1n) is 17.3. The fourth-order valence-corrected chi connectivity index (χ4v) is 9.67. The molecule has 51 heavy (non-hydrogen) atoms. The summed E-state index contributed by atoms with van der Waals surface area (Å²) >= 11 is 1.85. The van der Waals surface area contributed by atoms with E-state index >= 15 is 0 Å². The number of fused-ring (bicyclic) bond motifs is 13. The molecular weight excluding hydrogens is 641 g/mol. The molecular formula is C48H26O2S. The van der Waals surface area contributed by atoms with Crippen molar-refractivity contribution in [2.45, 2.75) is 0 Å². The van der Waals surface area contributed by atoms with Crippen LogP contribution in [0.2, 0.25) is 0 Å². The highest BCUT2D eigenvalue weighted by atomic mass is 32.1. The number of benzene rings is 9. The normalized spacial score (nSPS) is 12.3. The molecule has 3 heteroatoms. The van der Waals surface area contributed by atoms with Crippen molar-refractivity contribution in [3.8, 4) is 22.3 Å². The van der Waals surface area contributed by atoms with Crippen LogP contribution in [0.4, 0.5) is 0 Å². The highest BCUT2D eigenvalue weighted by molar-refractivity contribution is 7.25. The molecule has 12 aromatic rings. The van der Waals surface area contributed by atoms with Gasteiger partial charge in [0.25, 0.3) is 0 Å². The van der Waals surface area contributed by atoms with E-state index in [-0.39, 0.29) is 0 Å². The van der Waals surface area contributed by atoms with Crippen LogP contribution in [0, 0.1) is 0 Å². The van der Waals surface area contributed by atoms with Crippen molar-refractivity contribution in [2.75, 3.05) is 0 Å². The third-order valence-electron chi connectivity index (χ3n) is 10.8. The van der Waals surface area contributed by atoms with Crippen molar-refractivity contribution in [1.29, 1.82) is 0 Å². The highest BCUT2D eigenvalue weighted by Crippen LogP contribution is 2.47. The summed E-state index contributed by atoms with van der Waals surface area (Å²) in [6, 6.07) is 57.2. The molecule has 3 aromatic heterocycles. The number of hydrogen-bond donors (Lipinski definition) is 0. The predicted octanol–water partition coefficient (Wildman–Crippen LogP) is 14.6. The quantitative estimate of drug-likeness (QED) is 0.172. The molecule has 0 aliphatic heterocycles. The van der Waals surface area contributed by atoms with Gasteiger partial charge >= 0.3 is 0 Å². The summed E-state index contributed by atoms with van der Waals surface area (Å²) in [6.45, 7) is 0. The van der Waals surface area contributed by atoms with Crippen LogP contribution in [0.25, 0.3) is 119 Å². The van der Waals surface area contributed by atoms with Crippen LogP contribution < -0.4 is 0 Å². The van der Waals surface area contributed by atoms with Gasteiger partial charge < -0.3 is 8.83 Å². The Labute approximate surface area is 295 Å². The molecule has 0 spiro atoms. The minimum absolute atomic E-state index is 0.911. The van der Waals surface area contributed by atoms with Crippen molar-refractivity contribution >= 4 is 108 Å². The smallest absolute Gasteiger partial charge is 0.143 e. The summed E-state index contributed by atoms with van der Waals surface area (Å²) in [6.07, 6.45) is 0. The van der Waals surface area contributed by atoms with Crippen LogP contribution in [0.3, 0.4) is 0 Å². The third-order valence-corrected chi connectivity index (χ3v) is 12.0. The molecule has 0 unspecified atom stereocenters. The second-order valence-electron chi connectivity index (χ2n) is 13.6. The molecule has 0 fully saturated rings. The van der Waals surface area contributed by atoms with Crippen LogP contribution in [0.1, 0.15) is 0 Å². The number of thiophene rings is 1. The molecule has 3 heterocycles. The monoisotopic (exact) mass is 666 g/mol. The first-order chi connectivity index (χ1) is 25.3. The fraction of sp³-hybridized carbons (Fsp3) is 0. The van der Waals surface area contributed by atoms with Crippen LogP contribution in [0.5, 0.6) is 0 Å². The number of rotatable bonds is 2. The average molecular weight is 667 g/mol. The molecule has 0 saturated heterocycles. The van der Waals surface area contributed by atoms with Gasteiger partial charge in [-0.3, -0.25) is 0 Å². The maximum Gasteiger partial charge on any atom is 0.143 e. The molecule has 0 aliphatic rings. The average Bonchev–Trinajstić information content (AvgIpc) is 3.86. The maximum absolute atomic E-state index is 6.42. The van der Waals surface area contributed by atoms with Gasteiger partial charge in [-0.1, -0.05) is 103 Å². The summed E-state index contributed by atoms with van der Waals surface area (Å²) in [5, 5.41) is 14.5. The fourth-order valence-electron chi connectivity index (χ4n) is 8.57. The van der Waals surface area contributed by atoms with E-state index in [1.54, 1.807) is 0 Å². The zero-order chi connectivity index (χ0) is 33.2. The molecule has 2 nitrogen and oxygen atoms in total. The molecule has 12 rings (SSSR count). The van der Waals surface area contributed by atoms with E-state index < -0.39 is 0 Å². The summed E-state index contributed by atoms with van der Waals surface area (Å²) in [7, 11) is 0. The highest BCUT2D eigenvalue weighted by Gasteiger charge is 2.19. The summed E-state index contributed by atoms with van der Waals surface area (Å²) in [5.41, 5.74) is 8.61. The Morgan fingerprint density at radius 2 is 0.843 bits per heavy atom. The van der Waals surface area contributed by atoms with Gasteiger partial charge in [0.2, 0.25) is 0 Å². The number of hydrogen-bond acceptors (Lipinski definition) is 3. The third kappa shape index (κ3) is 3.81. The first-order valence-corrected chi connectivity index (χ1v) is 18.1. The second kappa shape index (κ2) is 10.1. The Hall–Kier alpha value is -6.42. The summed E-state index contributed by atoms with van der Waals surface area (Å²) in [5.74, 6) is 0. The standard InChI is InChI=1S/C48H26O2S/c1-3-13-35-33(11-1)46(34-12-2-4-14-36(34)47(35)29-18-20-32-30-9-5-7-15-41(30)49-43(32)25-29)28-19-22-44-39(24-28)40-23-27-17-21-37-31-10-6-8-16-42(31)50-48(37)38(27)26-45(40)51-44/h1-26H. The predicted molar refractivity (Wildman–Crippen MR) is 217 cm³/mol. The van der Waals surface area contributed by atoms with Gasteiger partial charge in [-0.2, -0.15) is 0 Å². The van der Waals surface area contributed by atoms with Crippen molar-refractivity contribution in [3.05, 3.63) is 158 Å². The molecule has 0 bridgehead atoms. The Kier molecular flexibility index (Phi) is 5.41. The van der Waals surface area contributed by atoms with Crippen LogP contribution >= 0.6 is 11.3 Å². The van der Waals surface area contributed by atoms with Crippen molar-refractivity contribution in [2.24, 2.45) is 0 Å². The maximum atomic E-state index is 6.42. The summed E-state index contributed by atoms with van der Waals surface area (Å²) in [4.78, 5) is 0. The van der Waals surface area contributed by atoms with Crippen molar-refractivity contribution in [1.82, 2.24) is 0 Å². The van der Waals surface area contributed by atoms with E-state index in [2.05, 4.69) is 140 Å². The van der Waals surface area contributed by atoms with E-state index in [1.807, 2.05) is 29.5 Å². The molecule has 0 N–H and O–H groups in total. The van der Waals surface area contributed by atoms with E-state index in [1.165, 1.54) is 69.2 Å². The molecule has 0 atom stereocenters. The zero-order valence-electron chi connectivity index (χ0n) is 27.2. The Bertz CT molecular complexity index is 3370. The minimum atomic E-state index is 0.911. The van der Waals surface area contributed by atoms with Gasteiger partial charge in [-0.05, 0) is 104 Å². The van der Waals surface area contributed by atoms with E-state index in [0.29, 0.717) is 0 Å². The molecule has 0 saturated carbocycles. The largest absolute Gasteiger partial charge is 0.456 e.